The summed E-state index contributed by atoms with van der Waals surface area (Å²) in [5, 5.41) is 0.138. The molecule has 1 saturated heterocycles. The second-order valence-electron chi connectivity index (χ2n) is 7.94. The lowest BCUT2D eigenvalue weighted by atomic mass is 9.92. The van der Waals surface area contributed by atoms with Gasteiger partial charge in [0, 0.05) is 38.2 Å². The molecule has 0 amide bonds. The number of ketones is 1. The van der Waals surface area contributed by atoms with E-state index in [0.29, 0.717) is 25.3 Å². The quantitative estimate of drug-likeness (QED) is 0.627. The molecule has 0 N–H and O–H groups in total. The number of benzene rings is 1. The molecule has 0 bridgehead atoms. The molecule has 3 rings (SSSR count). The molecule has 6 nitrogen and oxygen atoms in total. The van der Waals surface area contributed by atoms with Crippen LogP contribution in [0.2, 0.25) is 0 Å². The monoisotopic (exact) mass is 417 g/mol. The molecule has 2 heterocycles. The first-order valence-electron chi connectivity index (χ1n) is 10.4. The first-order chi connectivity index (χ1) is 13.9. The van der Waals surface area contributed by atoms with Gasteiger partial charge < -0.3 is 4.57 Å². The molecule has 1 aliphatic rings. The van der Waals surface area contributed by atoms with E-state index in [2.05, 4.69) is 22.0 Å². The largest absolute Gasteiger partial charge is 0.318 e. The highest BCUT2D eigenvalue weighted by molar-refractivity contribution is 7.90. The molecule has 0 saturated carbocycles. The molecule has 1 atom stereocenters. The smallest absolute Gasteiger partial charge is 0.227 e. The highest BCUT2D eigenvalue weighted by atomic mass is 32.2. The number of sulfone groups is 1. The standard InChI is InChI=1S/C22H31N3O3S/c1-3-21(26)19-12-8-13-24(16-19)17-20-15-23-22(29(2,27)28)25(20)14-7-11-18-9-5-4-6-10-18/h4-6,9-10,15,19H,3,7-8,11-14,16-17H2,1-2H3/t19-/m1/s1. The highest BCUT2D eigenvalue weighted by Gasteiger charge is 2.26. The summed E-state index contributed by atoms with van der Waals surface area (Å²) in [4.78, 5) is 18.6. The molecule has 2 aromatic rings. The van der Waals surface area contributed by atoms with Crippen LogP contribution in [0.3, 0.4) is 0 Å². The molecule has 1 aromatic carbocycles. The highest BCUT2D eigenvalue weighted by Crippen LogP contribution is 2.22. The SMILES string of the molecule is CCC(=O)[C@@H]1CCCN(Cc2cnc(S(C)(=O)=O)n2CCCc2ccccc2)C1. The number of hydrogen-bond donors (Lipinski definition) is 0. The van der Waals surface area contributed by atoms with E-state index in [4.69, 9.17) is 0 Å². The molecular formula is C22H31N3O3S. The third kappa shape index (κ3) is 5.76. The number of hydrogen-bond acceptors (Lipinski definition) is 5. The molecule has 1 aliphatic heterocycles. The van der Waals surface area contributed by atoms with Crippen molar-refractivity contribution in [1.29, 1.82) is 0 Å². The summed E-state index contributed by atoms with van der Waals surface area (Å²) in [6, 6.07) is 10.2. The zero-order chi connectivity index (χ0) is 20.9. The lowest BCUT2D eigenvalue weighted by Crippen LogP contribution is -2.38. The van der Waals surface area contributed by atoms with Crippen LogP contribution in [0.1, 0.15) is 43.9 Å². The minimum absolute atomic E-state index is 0.0950. The summed E-state index contributed by atoms with van der Waals surface area (Å²) in [7, 11) is -3.40. The molecule has 7 heteroatoms. The summed E-state index contributed by atoms with van der Waals surface area (Å²) in [6.07, 6.45) is 7.15. The second kappa shape index (κ2) is 9.67. The fourth-order valence-electron chi connectivity index (χ4n) is 4.12. The van der Waals surface area contributed by atoms with E-state index < -0.39 is 9.84 Å². The van der Waals surface area contributed by atoms with Crippen molar-refractivity contribution < 1.29 is 13.2 Å². The zero-order valence-corrected chi connectivity index (χ0v) is 18.2. The number of rotatable bonds is 9. The minimum atomic E-state index is -3.40. The van der Waals surface area contributed by atoms with E-state index in [1.54, 1.807) is 6.20 Å². The first-order valence-corrected chi connectivity index (χ1v) is 12.3. The molecule has 1 aromatic heterocycles. The lowest BCUT2D eigenvalue weighted by Gasteiger charge is -2.32. The molecule has 0 aliphatic carbocycles. The van der Waals surface area contributed by atoms with Gasteiger partial charge in [-0.05, 0) is 37.8 Å². The summed E-state index contributed by atoms with van der Waals surface area (Å²) in [5.41, 5.74) is 2.15. The van der Waals surface area contributed by atoms with Crippen molar-refractivity contribution in [3.8, 4) is 0 Å². The van der Waals surface area contributed by atoms with Crippen LogP contribution >= 0.6 is 0 Å². The number of likely N-dealkylation sites (tertiary alicyclic amines) is 1. The van der Waals surface area contributed by atoms with Crippen molar-refractivity contribution in [2.75, 3.05) is 19.3 Å². The van der Waals surface area contributed by atoms with Crippen molar-refractivity contribution in [3.05, 3.63) is 47.8 Å². The van der Waals surface area contributed by atoms with Gasteiger partial charge in [0.15, 0.2) is 0 Å². The van der Waals surface area contributed by atoms with Crippen LogP contribution in [0, 0.1) is 5.92 Å². The van der Waals surface area contributed by atoms with E-state index in [0.717, 1.165) is 44.5 Å². The van der Waals surface area contributed by atoms with Gasteiger partial charge in [-0.1, -0.05) is 37.3 Å². The van der Waals surface area contributed by atoms with Crippen molar-refractivity contribution in [2.24, 2.45) is 5.92 Å². The predicted molar refractivity (Wildman–Crippen MR) is 113 cm³/mol. The molecular weight excluding hydrogens is 386 g/mol. The Morgan fingerprint density at radius 1 is 1.24 bits per heavy atom. The van der Waals surface area contributed by atoms with Crippen LogP contribution in [0.25, 0.3) is 0 Å². The Hall–Kier alpha value is -1.99. The van der Waals surface area contributed by atoms with Gasteiger partial charge in [0.1, 0.15) is 5.78 Å². The van der Waals surface area contributed by atoms with Crippen LogP contribution in [-0.4, -0.2) is 48.0 Å². The van der Waals surface area contributed by atoms with Gasteiger partial charge >= 0.3 is 0 Å². The van der Waals surface area contributed by atoms with Crippen LogP contribution in [0.15, 0.2) is 41.7 Å². The summed E-state index contributed by atoms with van der Waals surface area (Å²) in [5.74, 6) is 0.417. The van der Waals surface area contributed by atoms with Crippen molar-refractivity contribution in [2.45, 2.75) is 57.3 Å². The summed E-state index contributed by atoms with van der Waals surface area (Å²) < 4.78 is 26.3. The fraction of sp³-hybridized carbons (Fsp3) is 0.545. The van der Waals surface area contributed by atoms with Gasteiger partial charge in [0.05, 0.1) is 11.9 Å². The number of imidazole rings is 1. The van der Waals surface area contributed by atoms with E-state index in [9.17, 15) is 13.2 Å². The zero-order valence-electron chi connectivity index (χ0n) is 17.4. The van der Waals surface area contributed by atoms with Gasteiger partial charge in [-0.15, -0.1) is 0 Å². The fourth-order valence-corrected chi connectivity index (χ4v) is 4.97. The van der Waals surface area contributed by atoms with E-state index in [1.807, 2.05) is 29.7 Å². The third-order valence-corrected chi connectivity index (χ3v) is 6.61. The van der Waals surface area contributed by atoms with Crippen molar-refractivity contribution >= 4 is 15.6 Å². The number of carbonyl (C=O) groups excluding carboxylic acids is 1. The van der Waals surface area contributed by atoms with Gasteiger partial charge in [0.2, 0.25) is 15.0 Å². The summed E-state index contributed by atoms with van der Waals surface area (Å²) >= 11 is 0. The topological polar surface area (TPSA) is 72.3 Å². The third-order valence-electron chi connectivity index (χ3n) is 5.62. The number of nitrogens with zero attached hydrogens (tertiary/aromatic N) is 3. The maximum Gasteiger partial charge on any atom is 0.227 e. The average molecular weight is 418 g/mol. The molecule has 0 radical (unpaired) electrons. The number of aryl methyl sites for hydroxylation is 1. The molecule has 1 fully saturated rings. The maximum absolute atomic E-state index is 12.2. The minimum Gasteiger partial charge on any atom is -0.318 e. The van der Waals surface area contributed by atoms with Gasteiger partial charge in [0.25, 0.3) is 0 Å². The Balaban J connectivity index is 1.72. The number of Topliss-reactive ketones (excluding diaryl/α,β-unsaturated/α-hetero) is 1. The van der Waals surface area contributed by atoms with E-state index in [-0.39, 0.29) is 11.1 Å². The van der Waals surface area contributed by atoms with Gasteiger partial charge in [-0.3, -0.25) is 9.69 Å². The Bertz CT molecular complexity index is 922. The van der Waals surface area contributed by atoms with Crippen LogP contribution in [0.5, 0.6) is 0 Å². The van der Waals surface area contributed by atoms with Crippen LogP contribution in [0.4, 0.5) is 0 Å². The normalized spacial score (nSPS) is 18.1. The van der Waals surface area contributed by atoms with Gasteiger partial charge in [-0.2, -0.15) is 0 Å². The van der Waals surface area contributed by atoms with Crippen molar-refractivity contribution in [3.63, 3.8) is 0 Å². The molecule has 158 valence electrons. The summed E-state index contributed by atoms with van der Waals surface area (Å²) in [6.45, 7) is 4.83. The number of carbonyl (C=O) groups is 1. The average Bonchev–Trinajstić information content (AvgIpc) is 3.11. The predicted octanol–water partition coefficient (Wildman–Crippen LogP) is 3.11. The lowest BCUT2D eigenvalue weighted by molar-refractivity contribution is -0.124. The van der Waals surface area contributed by atoms with E-state index >= 15 is 0 Å². The Labute approximate surface area is 173 Å². The van der Waals surface area contributed by atoms with E-state index in [1.165, 1.54) is 11.8 Å². The molecule has 29 heavy (non-hydrogen) atoms. The first kappa shape index (κ1) is 21.7. The Morgan fingerprint density at radius 2 is 2.00 bits per heavy atom. The van der Waals surface area contributed by atoms with Crippen molar-refractivity contribution in [1.82, 2.24) is 14.5 Å². The molecule has 0 unspecified atom stereocenters. The Morgan fingerprint density at radius 3 is 2.69 bits per heavy atom. The second-order valence-corrected chi connectivity index (χ2v) is 9.85. The van der Waals surface area contributed by atoms with Crippen LogP contribution in [-0.2, 0) is 34.1 Å². The molecule has 0 spiro atoms. The van der Waals surface area contributed by atoms with Gasteiger partial charge in [-0.25, -0.2) is 13.4 Å². The van der Waals surface area contributed by atoms with Crippen LogP contribution < -0.4 is 0 Å². The maximum atomic E-state index is 12.2. The number of aromatic nitrogens is 2. The number of piperidine rings is 1. The Kier molecular flexibility index (Phi) is 7.24.